The molecular formula is C20H27FN6O. The van der Waals surface area contributed by atoms with Crippen molar-refractivity contribution in [1.29, 1.82) is 0 Å². The number of alkyl halides is 1. The van der Waals surface area contributed by atoms with E-state index in [0.717, 1.165) is 56.7 Å². The predicted molar refractivity (Wildman–Crippen MR) is 104 cm³/mol. The number of fused-ring (bicyclic) bond motifs is 3. The normalized spacial score (nSPS) is 34.6. The van der Waals surface area contributed by atoms with Gasteiger partial charge in [0.15, 0.2) is 5.82 Å². The van der Waals surface area contributed by atoms with E-state index in [4.69, 9.17) is 0 Å². The zero-order valence-electron chi connectivity index (χ0n) is 16.0. The van der Waals surface area contributed by atoms with Gasteiger partial charge in [0.1, 0.15) is 17.5 Å². The maximum Gasteiger partial charge on any atom is 0.227 e. The molecule has 2 saturated heterocycles. The topological polar surface area (TPSA) is 74.6 Å². The molecule has 1 saturated carbocycles. The van der Waals surface area contributed by atoms with Crippen LogP contribution in [0.5, 0.6) is 0 Å². The molecule has 0 radical (unpaired) electrons. The number of halogens is 1. The summed E-state index contributed by atoms with van der Waals surface area (Å²) in [6.07, 6.45) is 8.09. The standard InChI is InChI=1S/C20H27FN6O/c21-20(12-22-18(28)19-5-2-7-26(13-19)8-3-6-19)10-15(11-20)25-17-16-4-1-9-27(16)24-14-23-17/h1,4,9,14-15H,2-3,5-8,10-13H2,(H,22,28)(H,23,24,25). The molecule has 150 valence electrons. The van der Waals surface area contributed by atoms with Crippen LogP contribution in [0.4, 0.5) is 10.2 Å². The molecule has 8 heteroatoms. The Hall–Kier alpha value is -2.22. The molecular weight excluding hydrogens is 359 g/mol. The number of carbonyl (C=O) groups excluding carboxylic acids is 1. The van der Waals surface area contributed by atoms with E-state index in [1.807, 2.05) is 18.3 Å². The van der Waals surface area contributed by atoms with E-state index < -0.39 is 5.67 Å². The Balaban J connectivity index is 1.15. The van der Waals surface area contributed by atoms with Gasteiger partial charge in [-0.3, -0.25) is 4.79 Å². The van der Waals surface area contributed by atoms with Gasteiger partial charge in [-0.15, -0.1) is 0 Å². The molecule has 3 aliphatic rings. The molecule has 0 atom stereocenters. The minimum absolute atomic E-state index is 0.0218. The smallest absolute Gasteiger partial charge is 0.227 e. The van der Waals surface area contributed by atoms with Crippen LogP contribution in [0.15, 0.2) is 24.7 Å². The third kappa shape index (κ3) is 3.13. The second-order valence-electron chi connectivity index (χ2n) is 8.79. The lowest BCUT2D eigenvalue weighted by Crippen LogP contribution is -2.59. The molecule has 1 amide bonds. The van der Waals surface area contributed by atoms with Gasteiger partial charge < -0.3 is 15.5 Å². The Kier molecular flexibility index (Phi) is 4.26. The van der Waals surface area contributed by atoms with Gasteiger partial charge >= 0.3 is 0 Å². The van der Waals surface area contributed by atoms with E-state index in [1.54, 1.807) is 4.52 Å². The fourth-order valence-electron chi connectivity index (χ4n) is 5.23. The Labute approximate surface area is 163 Å². The molecule has 2 aliphatic heterocycles. The van der Waals surface area contributed by atoms with E-state index in [2.05, 4.69) is 25.6 Å². The highest BCUT2D eigenvalue weighted by molar-refractivity contribution is 5.83. The van der Waals surface area contributed by atoms with Gasteiger partial charge in [-0.25, -0.2) is 13.9 Å². The molecule has 0 spiro atoms. The molecule has 5 rings (SSSR count). The van der Waals surface area contributed by atoms with Crippen molar-refractivity contribution >= 4 is 17.2 Å². The quantitative estimate of drug-likeness (QED) is 0.822. The molecule has 2 aromatic heterocycles. The highest BCUT2D eigenvalue weighted by Crippen LogP contribution is 2.40. The van der Waals surface area contributed by atoms with Crippen LogP contribution in [0.3, 0.4) is 0 Å². The van der Waals surface area contributed by atoms with Crippen LogP contribution in [0.1, 0.15) is 38.5 Å². The van der Waals surface area contributed by atoms with Crippen LogP contribution in [0.25, 0.3) is 5.52 Å². The predicted octanol–water partition coefficient (Wildman–Crippen LogP) is 2.00. The summed E-state index contributed by atoms with van der Waals surface area (Å²) in [5.74, 6) is 0.774. The SMILES string of the molecule is O=C(NCC1(F)CC(Nc2ncnn3cccc23)C1)C12CCCN(CCC1)C2. The monoisotopic (exact) mass is 386 g/mol. The number of nitrogens with zero attached hydrogens (tertiary/aromatic N) is 4. The number of nitrogens with one attached hydrogen (secondary N) is 2. The van der Waals surface area contributed by atoms with Crippen molar-refractivity contribution in [3.05, 3.63) is 24.7 Å². The molecule has 0 unspecified atom stereocenters. The van der Waals surface area contributed by atoms with Crippen molar-refractivity contribution in [2.45, 2.75) is 50.2 Å². The maximum atomic E-state index is 15.1. The summed E-state index contributed by atoms with van der Waals surface area (Å²) in [6, 6.07) is 3.86. The van der Waals surface area contributed by atoms with Crippen LogP contribution >= 0.6 is 0 Å². The van der Waals surface area contributed by atoms with Crippen molar-refractivity contribution in [3.8, 4) is 0 Å². The van der Waals surface area contributed by atoms with E-state index in [-0.39, 0.29) is 23.9 Å². The number of carbonyl (C=O) groups is 1. The van der Waals surface area contributed by atoms with Crippen LogP contribution in [-0.2, 0) is 4.79 Å². The zero-order chi connectivity index (χ0) is 19.2. The molecule has 4 heterocycles. The number of hydrogen-bond acceptors (Lipinski definition) is 5. The minimum atomic E-state index is -1.34. The molecule has 1 aliphatic carbocycles. The number of piperidine rings is 2. The summed E-state index contributed by atoms with van der Waals surface area (Å²) >= 11 is 0. The average molecular weight is 386 g/mol. The fourth-order valence-corrected chi connectivity index (χ4v) is 5.23. The lowest BCUT2D eigenvalue weighted by Gasteiger charge is -2.47. The molecule has 2 aromatic rings. The second-order valence-corrected chi connectivity index (χ2v) is 8.79. The Morgan fingerprint density at radius 3 is 2.86 bits per heavy atom. The van der Waals surface area contributed by atoms with Crippen molar-refractivity contribution in [2.75, 3.05) is 31.5 Å². The molecule has 28 heavy (non-hydrogen) atoms. The first-order chi connectivity index (χ1) is 13.6. The Bertz CT molecular complexity index is 866. The number of anilines is 1. The van der Waals surface area contributed by atoms with Crippen molar-refractivity contribution in [2.24, 2.45) is 5.41 Å². The van der Waals surface area contributed by atoms with Crippen LogP contribution < -0.4 is 10.6 Å². The van der Waals surface area contributed by atoms with Gasteiger partial charge in [-0.1, -0.05) is 0 Å². The lowest BCUT2D eigenvalue weighted by atomic mass is 9.72. The lowest BCUT2D eigenvalue weighted by molar-refractivity contribution is -0.138. The van der Waals surface area contributed by atoms with E-state index >= 15 is 4.39 Å². The number of aromatic nitrogens is 3. The molecule has 3 fully saturated rings. The van der Waals surface area contributed by atoms with Gasteiger partial charge in [-0.2, -0.15) is 5.10 Å². The Morgan fingerprint density at radius 2 is 2.07 bits per heavy atom. The largest absolute Gasteiger partial charge is 0.365 e. The van der Waals surface area contributed by atoms with E-state index in [9.17, 15) is 4.79 Å². The summed E-state index contributed by atoms with van der Waals surface area (Å²) < 4.78 is 16.8. The minimum Gasteiger partial charge on any atom is -0.365 e. The maximum absolute atomic E-state index is 15.1. The summed E-state index contributed by atoms with van der Waals surface area (Å²) in [5, 5.41) is 10.4. The highest BCUT2D eigenvalue weighted by Gasteiger charge is 2.48. The van der Waals surface area contributed by atoms with Gasteiger partial charge in [-0.05, 0) is 50.9 Å². The fraction of sp³-hybridized carbons (Fsp3) is 0.650. The number of amides is 1. The third-order valence-electron chi connectivity index (χ3n) is 6.73. The van der Waals surface area contributed by atoms with Gasteiger partial charge in [0.25, 0.3) is 0 Å². The van der Waals surface area contributed by atoms with Crippen molar-refractivity contribution < 1.29 is 9.18 Å². The summed E-state index contributed by atoms with van der Waals surface area (Å²) in [6.45, 7) is 3.13. The number of hydrogen-bond donors (Lipinski definition) is 2. The molecule has 2 N–H and O–H groups in total. The first-order valence-electron chi connectivity index (χ1n) is 10.3. The van der Waals surface area contributed by atoms with Crippen molar-refractivity contribution in [3.63, 3.8) is 0 Å². The first-order valence-corrected chi connectivity index (χ1v) is 10.3. The highest BCUT2D eigenvalue weighted by atomic mass is 19.1. The van der Waals surface area contributed by atoms with Crippen LogP contribution in [0.2, 0.25) is 0 Å². The van der Waals surface area contributed by atoms with Crippen LogP contribution in [0, 0.1) is 5.41 Å². The van der Waals surface area contributed by atoms with E-state index in [1.165, 1.54) is 6.33 Å². The second kappa shape index (κ2) is 6.69. The van der Waals surface area contributed by atoms with Crippen LogP contribution in [-0.4, -0.2) is 63.3 Å². The summed E-state index contributed by atoms with van der Waals surface area (Å²) in [4.78, 5) is 19.5. The van der Waals surface area contributed by atoms with E-state index in [0.29, 0.717) is 12.8 Å². The molecule has 2 bridgehead atoms. The summed E-state index contributed by atoms with van der Waals surface area (Å²) in [7, 11) is 0. The first kappa shape index (κ1) is 17.8. The molecule has 7 nitrogen and oxygen atoms in total. The molecule has 0 aromatic carbocycles. The van der Waals surface area contributed by atoms with Crippen molar-refractivity contribution in [1.82, 2.24) is 24.8 Å². The summed E-state index contributed by atoms with van der Waals surface area (Å²) in [5.41, 5.74) is -0.751. The Morgan fingerprint density at radius 1 is 1.29 bits per heavy atom. The average Bonchev–Trinajstić information content (AvgIpc) is 3.15. The number of rotatable bonds is 5. The van der Waals surface area contributed by atoms with Gasteiger partial charge in [0.2, 0.25) is 5.91 Å². The third-order valence-corrected chi connectivity index (χ3v) is 6.73. The van der Waals surface area contributed by atoms with Gasteiger partial charge in [0.05, 0.1) is 12.0 Å². The van der Waals surface area contributed by atoms with Gasteiger partial charge in [0, 0.05) is 31.6 Å². The zero-order valence-corrected chi connectivity index (χ0v) is 16.0.